The molecule has 2 rings (SSSR count). The first-order chi connectivity index (χ1) is 7.66. The number of carboxylic acids is 1. The minimum Gasteiger partial charge on any atom is -0.481 e. The molecule has 0 fully saturated rings. The summed E-state index contributed by atoms with van der Waals surface area (Å²) in [6, 6.07) is 7.56. The van der Waals surface area contributed by atoms with Gasteiger partial charge < -0.3 is 9.63 Å². The van der Waals surface area contributed by atoms with Crippen LogP contribution in [0.3, 0.4) is 0 Å². The summed E-state index contributed by atoms with van der Waals surface area (Å²) < 4.78 is 5.01. The zero-order valence-corrected chi connectivity index (χ0v) is 8.67. The standard InChI is InChI=1S/C11H10N2O3/c1-7-4-2-3-5-8(7)11-12-9(13-16-11)6-10(14)15/h2-5H,6H2,1H3,(H,14,15). The normalized spacial score (nSPS) is 10.3. The van der Waals surface area contributed by atoms with Gasteiger partial charge in [0.1, 0.15) is 6.42 Å². The molecular weight excluding hydrogens is 208 g/mol. The van der Waals surface area contributed by atoms with Crippen molar-refractivity contribution in [1.82, 2.24) is 10.1 Å². The first kappa shape index (κ1) is 10.4. The van der Waals surface area contributed by atoms with Crippen molar-refractivity contribution in [2.45, 2.75) is 13.3 Å². The third-order valence-electron chi connectivity index (χ3n) is 2.15. The molecule has 5 nitrogen and oxygen atoms in total. The molecule has 0 saturated carbocycles. The highest BCUT2D eigenvalue weighted by Crippen LogP contribution is 2.20. The fourth-order valence-electron chi connectivity index (χ4n) is 1.38. The van der Waals surface area contributed by atoms with Gasteiger partial charge in [-0.15, -0.1) is 0 Å². The van der Waals surface area contributed by atoms with Gasteiger partial charge in [0.15, 0.2) is 5.82 Å². The lowest BCUT2D eigenvalue weighted by Crippen LogP contribution is -2.01. The number of hydrogen-bond donors (Lipinski definition) is 1. The molecule has 0 saturated heterocycles. The Bertz CT molecular complexity index is 519. The number of aromatic nitrogens is 2. The van der Waals surface area contributed by atoms with Crippen LogP contribution in [0.1, 0.15) is 11.4 Å². The van der Waals surface area contributed by atoms with Gasteiger partial charge >= 0.3 is 5.97 Å². The molecule has 1 aromatic heterocycles. The van der Waals surface area contributed by atoms with Crippen molar-refractivity contribution < 1.29 is 14.4 Å². The number of aliphatic carboxylic acids is 1. The van der Waals surface area contributed by atoms with Crippen LogP contribution in [0.5, 0.6) is 0 Å². The van der Waals surface area contributed by atoms with Crippen molar-refractivity contribution >= 4 is 5.97 Å². The average Bonchev–Trinajstić information content (AvgIpc) is 2.66. The van der Waals surface area contributed by atoms with E-state index in [2.05, 4.69) is 10.1 Å². The number of aryl methyl sites for hydroxylation is 1. The molecule has 0 atom stereocenters. The third kappa shape index (κ3) is 2.08. The maximum atomic E-state index is 10.5. The first-order valence-electron chi connectivity index (χ1n) is 4.77. The number of benzene rings is 1. The summed E-state index contributed by atoms with van der Waals surface area (Å²) in [5, 5.41) is 12.2. The first-order valence-corrected chi connectivity index (χ1v) is 4.77. The summed E-state index contributed by atoms with van der Waals surface area (Å²) in [5.41, 5.74) is 1.83. The Morgan fingerprint density at radius 2 is 2.19 bits per heavy atom. The van der Waals surface area contributed by atoms with Crippen LogP contribution in [-0.2, 0) is 11.2 Å². The summed E-state index contributed by atoms with van der Waals surface area (Å²) in [6.07, 6.45) is -0.227. The van der Waals surface area contributed by atoms with Crippen LogP contribution in [0.25, 0.3) is 11.5 Å². The van der Waals surface area contributed by atoms with E-state index in [9.17, 15) is 4.79 Å². The Balaban J connectivity index is 2.32. The number of hydrogen-bond acceptors (Lipinski definition) is 4. The molecule has 0 aliphatic rings. The van der Waals surface area contributed by atoms with Gasteiger partial charge in [-0.05, 0) is 18.6 Å². The van der Waals surface area contributed by atoms with E-state index in [-0.39, 0.29) is 12.2 Å². The van der Waals surface area contributed by atoms with Crippen molar-refractivity contribution in [3.05, 3.63) is 35.7 Å². The molecule has 2 aromatic rings. The monoisotopic (exact) mass is 218 g/mol. The zero-order valence-electron chi connectivity index (χ0n) is 8.67. The molecule has 16 heavy (non-hydrogen) atoms. The van der Waals surface area contributed by atoms with E-state index in [1.165, 1.54) is 0 Å². The fourth-order valence-corrected chi connectivity index (χ4v) is 1.38. The number of nitrogens with zero attached hydrogens (tertiary/aromatic N) is 2. The van der Waals surface area contributed by atoms with Crippen molar-refractivity contribution in [2.24, 2.45) is 0 Å². The van der Waals surface area contributed by atoms with Crippen molar-refractivity contribution in [1.29, 1.82) is 0 Å². The van der Waals surface area contributed by atoms with Gasteiger partial charge in [0.05, 0.1) is 0 Å². The van der Waals surface area contributed by atoms with Gasteiger partial charge in [-0.3, -0.25) is 4.79 Å². The predicted octanol–water partition coefficient (Wildman–Crippen LogP) is 1.67. The van der Waals surface area contributed by atoms with Crippen molar-refractivity contribution in [2.75, 3.05) is 0 Å². The van der Waals surface area contributed by atoms with Crippen LogP contribution in [0.2, 0.25) is 0 Å². The van der Waals surface area contributed by atoms with Crippen molar-refractivity contribution in [3.8, 4) is 11.5 Å². The quantitative estimate of drug-likeness (QED) is 0.847. The molecule has 82 valence electrons. The van der Waals surface area contributed by atoms with E-state index in [0.717, 1.165) is 11.1 Å². The van der Waals surface area contributed by atoms with Crippen LogP contribution in [-0.4, -0.2) is 21.2 Å². The highest BCUT2D eigenvalue weighted by Gasteiger charge is 2.12. The van der Waals surface area contributed by atoms with E-state index < -0.39 is 5.97 Å². The largest absolute Gasteiger partial charge is 0.481 e. The molecule has 0 unspecified atom stereocenters. The number of carbonyl (C=O) groups is 1. The summed E-state index contributed by atoms with van der Waals surface area (Å²) in [7, 11) is 0. The number of rotatable bonds is 3. The Kier molecular flexibility index (Phi) is 2.68. The van der Waals surface area contributed by atoms with E-state index in [0.29, 0.717) is 5.89 Å². The lowest BCUT2D eigenvalue weighted by Gasteiger charge is -1.97. The van der Waals surface area contributed by atoms with Crippen LogP contribution in [0, 0.1) is 6.92 Å². The predicted molar refractivity (Wildman–Crippen MR) is 55.8 cm³/mol. The van der Waals surface area contributed by atoms with Gasteiger partial charge in [-0.2, -0.15) is 4.98 Å². The molecule has 1 heterocycles. The Labute approximate surface area is 91.7 Å². The molecule has 0 aliphatic carbocycles. The topological polar surface area (TPSA) is 76.2 Å². The van der Waals surface area contributed by atoms with Gasteiger partial charge in [-0.1, -0.05) is 23.4 Å². The minimum atomic E-state index is -0.975. The van der Waals surface area contributed by atoms with Gasteiger partial charge in [0.25, 0.3) is 5.89 Å². The Morgan fingerprint density at radius 3 is 2.88 bits per heavy atom. The summed E-state index contributed by atoms with van der Waals surface area (Å²) in [6.45, 7) is 1.93. The Hall–Kier alpha value is -2.17. The molecule has 5 heteroatoms. The lowest BCUT2D eigenvalue weighted by atomic mass is 10.1. The maximum absolute atomic E-state index is 10.5. The van der Waals surface area contributed by atoms with Crippen LogP contribution in [0.4, 0.5) is 0 Å². The van der Waals surface area contributed by atoms with E-state index in [1.54, 1.807) is 0 Å². The van der Waals surface area contributed by atoms with Gasteiger partial charge in [0.2, 0.25) is 0 Å². The lowest BCUT2D eigenvalue weighted by molar-refractivity contribution is -0.136. The van der Waals surface area contributed by atoms with Crippen LogP contribution < -0.4 is 0 Å². The third-order valence-corrected chi connectivity index (χ3v) is 2.15. The molecule has 0 radical (unpaired) electrons. The minimum absolute atomic E-state index is 0.186. The average molecular weight is 218 g/mol. The van der Waals surface area contributed by atoms with E-state index >= 15 is 0 Å². The summed E-state index contributed by atoms with van der Waals surface area (Å²) in [5.74, 6) is -0.433. The zero-order chi connectivity index (χ0) is 11.5. The SMILES string of the molecule is Cc1ccccc1-c1nc(CC(=O)O)no1. The van der Waals surface area contributed by atoms with E-state index in [1.807, 2.05) is 31.2 Å². The second-order valence-corrected chi connectivity index (χ2v) is 3.40. The molecule has 0 bridgehead atoms. The van der Waals surface area contributed by atoms with Gasteiger partial charge in [-0.25, -0.2) is 0 Å². The summed E-state index contributed by atoms with van der Waals surface area (Å²) >= 11 is 0. The molecule has 1 N–H and O–H groups in total. The van der Waals surface area contributed by atoms with Gasteiger partial charge in [0, 0.05) is 5.56 Å². The summed E-state index contributed by atoms with van der Waals surface area (Å²) in [4.78, 5) is 14.5. The molecule has 0 aliphatic heterocycles. The molecule has 1 aromatic carbocycles. The van der Waals surface area contributed by atoms with Crippen LogP contribution in [0.15, 0.2) is 28.8 Å². The highest BCUT2D eigenvalue weighted by molar-refractivity contribution is 5.69. The smallest absolute Gasteiger partial charge is 0.311 e. The second kappa shape index (κ2) is 4.14. The molecule has 0 amide bonds. The second-order valence-electron chi connectivity index (χ2n) is 3.40. The molecule has 0 spiro atoms. The fraction of sp³-hybridized carbons (Fsp3) is 0.182. The van der Waals surface area contributed by atoms with E-state index in [4.69, 9.17) is 9.63 Å². The number of carboxylic acid groups (broad SMARTS) is 1. The highest BCUT2D eigenvalue weighted by atomic mass is 16.5. The maximum Gasteiger partial charge on any atom is 0.311 e. The Morgan fingerprint density at radius 1 is 1.44 bits per heavy atom. The van der Waals surface area contributed by atoms with Crippen LogP contribution >= 0.6 is 0 Å². The molecular formula is C11H10N2O3. The van der Waals surface area contributed by atoms with Crippen molar-refractivity contribution in [3.63, 3.8) is 0 Å².